The van der Waals surface area contributed by atoms with Gasteiger partial charge in [-0.05, 0) is 49.4 Å². The maximum Gasteiger partial charge on any atom is 0.271 e. The molecule has 1 amide bonds. The Morgan fingerprint density at radius 2 is 1.86 bits per heavy atom. The van der Waals surface area contributed by atoms with Crippen LogP contribution in [0, 0.1) is 17.0 Å². The first-order valence-corrected chi connectivity index (χ1v) is 8.39. The first-order chi connectivity index (χ1) is 13.5. The van der Waals surface area contributed by atoms with Crippen LogP contribution in [0.4, 0.5) is 5.69 Å². The van der Waals surface area contributed by atoms with Crippen molar-refractivity contribution in [1.82, 2.24) is 9.99 Å². The number of aryl methyl sites for hydroxylation is 1. The molecule has 0 saturated carbocycles. The molecule has 1 aromatic heterocycles. The van der Waals surface area contributed by atoms with Crippen LogP contribution in [0.15, 0.2) is 65.9 Å². The second-order valence-corrected chi connectivity index (χ2v) is 5.99. The van der Waals surface area contributed by atoms with E-state index in [4.69, 9.17) is 4.74 Å². The van der Waals surface area contributed by atoms with Gasteiger partial charge in [0, 0.05) is 40.8 Å². The number of methoxy groups -OCH3 is 1. The number of nitro groups is 1. The maximum absolute atomic E-state index is 12.1. The van der Waals surface area contributed by atoms with Gasteiger partial charge in [-0.3, -0.25) is 14.9 Å². The summed E-state index contributed by atoms with van der Waals surface area (Å²) in [4.78, 5) is 22.2. The molecule has 28 heavy (non-hydrogen) atoms. The third-order valence-electron chi connectivity index (χ3n) is 4.10. The second kappa shape index (κ2) is 8.17. The molecule has 3 aromatic rings. The molecule has 2 aromatic carbocycles. The third kappa shape index (κ3) is 4.24. The van der Waals surface area contributed by atoms with Crippen molar-refractivity contribution < 1.29 is 14.5 Å². The highest BCUT2D eigenvalue weighted by molar-refractivity contribution is 5.95. The molecule has 142 valence electrons. The first kappa shape index (κ1) is 18.8. The number of hydrogen-bond donors (Lipinski definition) is 1. The summed E-state index contributed by atoms with van der Waals surface area (Å²) in [5.74, 6) is 0.335. The van der Waals surface area contributed by atoms with Crippen molar-refractivity contribution in [3.8, 4) is 11.4 Å². The Labute approximate surface area is 161 Å². The highest BCUT2D eigenvalue weighted by Gasteiger charge is 2.09. The fourth-order valence-corrected chi connectivity index (χ4v) is 2.66. The monoisotopic (exact) mass is 378 g/mol. The minimum absolute atomic E-state index is 0.0737. The van der Waals surface area contributed by atoms with Gasteiger partial charge < -0.3 is 9.30 Å². The van der Waals surface area contributed by atoms with Gasteiger partial charge in [-0.2, -0.15) is 5.10 Å². The van der Waals surface area contributed by atoms with Gasteiger partial charge in [0.25, 0.3) is 11.6 Å². The minimum Gasteiger partial charge on any atom is -0.497 e. The molecular weight excluding hydrogens is 360 g/mol. The number of carbonyl (C=O) groups is 1. The molecule has 3 rings (SSSR count). The van der Waals surface area contributed by atoms with Crippen LogP contribution >= 0.6 is 0 Å². The number of benzene rings is 2. The lowest BCUT2D eigenvalue weighted by molar-refractivity contribution is -0.384. The summed E-state index contributed by atoms with van der Waals surface area (Å²) >= 11 is 0. The average molecular weight is 378 g/mol. The van der Waals surface area contributed by atoms with Crippen LogP contribution in [0.3, 0.4) is 0 Å². The zero-order valence-corrected chi connectivity index (χ0v) is 15.3. The molecule has 0 radical (unpaired) electrons. The number of non-ortho nitro benzene ring substituents is 1. The van der Waals surface area contributed by atoms with E-state index >= 15 is 0 Å². The lowest BCUT2D eigenvalue weighted by Crippen LogP contribution is -2.17. The van der Waals surface area contributed by atoms with Crippen molar-refractivity contribution in [2.75, 3.05) is 7.11 Å². The number of hydrazone groups is 1. The van der Waals surface area contributed by atoms with Crippen molar-refractivity contribution in [3.05, 3.63) is 87.7 Å². The number of aromatic nitrogens is 1. The number of nitrogens with zero attached hydrogens (tertiary/aromatic N) is 3. The largest absolute Gasteiger partial charge is 0.497 e. The van der Waals surface area contributed by atoms with E-state index in [1.807, 2.05) is 48.0 Å². The molecule has 1 N–H and O–H groups in total. The number of nitro benzene ring substituents is 1. The summed E-state index contributed by atoms with van der Waals surface area (Å²) < 4.78 is 7.17. The quantitative estimate of drug-likeness (QED) is 0.403. The SMILES string of the molecule is COc1ccc(-n2cc(/C=N\NC(=O)c3ccc([N+](=O)[O-])cc3)cc2C)cc1. The number of amides is 1. The average Bonchev–Trinajstić information content (AvgIpc) is 3.08. The van der Waals surface area contributed by atoms with E-state index in [-0.39, 0.29) is 11.3 Å². The molecule has 0 bridgehead atoms. The highest BCUT2D eigenvalue weighted by Crippen LogP contribution is 2.18. The molecule has 8 heteroatoms. The van der Waals surface area contributed by atoms with Crippen LogP contribution in [-0.4, -0.2) is 28.7 Å². The van der Waals surface area contributed by atoms with Crippen molar-refractivity contribution in [1.29, 1.82) is 0 Å². The number of ether oxygens (including phenoxy) is 1. The smallest absolute Gasteiger partial charge is 0.271 e. The Morgan fingerprint density at radius 1 is 1.18 bits per heavy atom. The normalized spacial score (nSPS) is 10.8. The van der Waals surface area contributed by atoms with Crippen LogP contribution in [0.1, 0.15) is 21.6 Å². The molecular formula is C20H18N4O4. The topological polar surface area (TPSA) is 98.8 Å². The van der Waals surface area contributed by atoms with E-state index in [1.165, 1.54) is 30.5 Å². The van der Waals surface area contributed by atoms with E-state index in [1.54, 1.807) is 7.11 Å². The van der Waals surface area contributed by atoms with Crippen molar-refractivity contribution in [2.45, 2.75) is 6.92 Å². The van der Waals surface area contributed by atoms with Gasteiger partial charge in [0.05, 0.1) is 18.2 Å². The Morgan fingerprint density at radius 3 is 2.46 bits per heavy atom. The zero-order valence-electron chi connectivity index (χ0n) is 15.3. The van der Waals surface area contributed by atoms with Crippen LogP contribution in [-0.2, 0) is 0 Å². The minimum atomic E-state index is -0.518. The van der Waals surface area contributed by atoms with E-state index in [2.05, 4.69) is 10.5 Å². The van der Waals surface area contributed by atoms with Crippen LogP contribution < -0.4 is 10.2 Å². The Kier molecular flexibility index (Phi) is 5.50. The fraction of sp³-hybridized carbons (Fsp3) is 0.100. The summed E-state index contributed by atoms with van der Waals surface area (Å²) in [6.45, 7) is 1.97. The third-order valence-corrected chi connectivity index (χ3v) is 4.10. The predicted octanol–water partition coefficient (Wildman–Crippen LogP) is 3.47. The van der Waals surface area contributed by atoms with Crippen molar-refractivity contribution in [3.63, 3.8) is 0 Å². The Hall–Kier alpha value is -3.94. The van der Waals surface area contributed by atoms with Gasteiger partial charge in [-0.15, -0.1) is 0 Å². The van der Waals surface area contributed by atoms with E-state index in [9.17, 15) is 14.9 Å². The van der Waals surface area contributed by atoms with Crippen molar-refractivity contribution in [2.24, 2.45) is 5.10 Å². The van der Waals surface area contributed by atoms with Gasteiger partial charge in [0.15, 0.2) is 0 Å². The predicted molar refractivity (Wildman–Crippen MR) is 105 cm³/mol. The fourth-order valence-electron chi connectivity index (χ4n) is 2.66. The molecule has 0 aliphatic heterocycles. The Bertz CT molecular complexity index is 1020. The molecule has 0 aliphatic rings. The lowest BCUT2D eigenvalue weighted by atomic mass is 10.2. The molecule has 8 nitrogen and oxygen atoms in total. The molecule has 0 fully saturated rings. The zero-order chi connectivity index (χ0) is 20.1. The number of hydrogen-bond acceptors (Lipinski definition) is 5. The van der Waals surface area contributed by atoms with Gasteiger partial charge >= 0.3 is 0 Å². The lowest BCUT2D eigenvalue weighted by Gasteiger charge is -2.06. The Balaban J connectivity index is 1.67. The molecule has 0 spiro atoms. The first-order valence-electron chi connectivity index (χ1n) is 8.39. The van der Waals surface area contributed by atoms with Crippen LogP contribution in [0.2, 0.25) is 0 Å². The number of nitrogens with one attached hydrogen (secondary N) is 1. The molecule has 0 saturated heterocycles. The highest BCUT2D eigenvalue weighted by atomic mass is 16.6. The van der Waals surface area contributed by atoms with Gasteiger partial charge in [-0.25, -0.2) is 5.43 Å². The van der Waals surface area contributed by atoms with E-state index < -0.39 is 10.8 Å². The van der Waals surface area contributed by atoms with Gasteiger partial charge in [0.2, 0.25) is 0 Å². The maximum atomic E-state index is 12.1. The van der Waals surface area contributed by atoms with Crippen LogP contribution in [0.5, 0.6) is 5.75 Å². The molecule has 0 aliphatic carbocycles. The number of carbonyl (C=O) groups excluding carboxylic acids is 1. The second-order valence-electron chi connectivity index (χ2n) is 5.99. The van der Waals surface area contributed by atoms with E-state index in [0.717, 1.165) is 22.7 Å². The van der Waals surface area contributed by atoms with Gasteiger partial charge in [-0.1, -0.05) is 0 Å². The van der Waals surface area contributed by atoms with Crippen LogP contribution in [0.25, 0.3) is 5.69 Å². The summed E-state index contributed by atoms with van der Waals surface area (Å²) in [5.41, 5.74) is 5.43. The molecule has 0 atom stereocenters. The number of rotatable bonds is 6. The summed E-state index contributed by atoms with van der Waals surface area (Å²) in [7, 11) is 1.62. The van der Waals surface area contributed by atoms with Crippen molar-refractivity contribution >= 4 is 17.8 Å². The molecule has 1 heterocycles. The summed E-state index contributed by atoms with van der Waals surface area (Å²) in [6.07, 6.45) is 3.44. The molecule has 0 unspecified atom stereocenters. The summed E-state index contributed by atoms with van der Waals surface area (Å²) in [6, 6.07) is 14.9. The standard InChI is InChI=1S/C20H18N4O4/c1-14-11-15(13-23(14)17-7-9-19(28-2)10-8-17)12-21-22-20(25)16-3-5-18(6-4-16)24(26)27/h3-13H,1-2H3,(H,22,25)/b21-12-. The summed E-state index contributed by atoms with van der Waals surface area (Å²) in [5, 5.41) is 14.6. The van der Waals surface area contributed by atoms with Gasteiger partial charge in [0.1, 0.15) is 5.75 Å². The van der Waals surface area contributed by atoms with E-state index in [0.29, 0.717) is 0 Å².